The summed E-state index contributed by atoms with van der Waals surface area (Å²) in [5.74, 6) is 1.07. The normalized spacial score (nSPS) is 25.2. The molecule has 0 radical (unpaired) electrons. The van der Waals surface area contributed by atoms with Crippen LogP contribution in [0, 0.1) is 0 Å². The third-order valence-electron chi connectivity index (χ3n) is 3.88. The summed E-state index contributed by atoms with van der Waals surface area (Å²) in [5.41, 5.74) is 1.81. The Bertz CT molecular complexity index is 458. The molecule has 0 unspecified atom stereocenters. The number of hydrogen-bond acceptors (Lipinski definition) is 4. The van der Waals surface area contributed by atoms with Gasteiger partial charge in [-0.3, -0.25) is 5.10 Å². The third-order valence-corrected chi connectivity index (χ3v) is 3.88. The van der Waals surface area contributed by atoms with Crippen LogP contribution in [0.1, 0.15) is 39.0 Å². The lowest BCUT2D eigenvalue weighted by Gasteiger charge is -2.31. The summed E-state index contributed by atoms with van der Waals surface area (Å²) in [4.78, 5) is 2.35. The fourth-order valence-electron chi connectivity index (χ4n) is 3.18. The molecule has 0 bridgehead atoms. The highest BCUT2D eigenvalue weighted by Gasteiger charge is 2.47. The van der Waals surface area contributed by atoms with Crippen molar-refractivity contribution in [2.45, 2.75) is 38.9 Å². The zero-order valence-electron chi connectivity index (χ0n) is 11.6. The molecule has 1 aromatic rings. The SMILES string of the molecule is CC1(C)OC(C)(C)c2c(N3CCNCC3)n[nH]c21. The van der Waals surface area contributed by atoms with E-state index in [9.17, 15) is 0 Å². The lowest BCUT2D eigenvalue weighted by Crippen LogP contribution is -2.44. The van der Waals surface area contributed by atoms with Crippen LogP contribution < -0.4 is 10.2 Å². The van der Waals surface area contributed by atoms with Gasteiger partial charge < -0.3 is 15.0 Å². The quantitative estimate of drug-likeness (QED) is 0.789. The van der Waals surface area contributed by atoms with Crippen LogP contribution in [0.5, 0.6) is 0 Å². The number of rotatable bonds is 1. The number of piperazine rings is 1. The Labute approximate surface area is 108 Å². The Balaban J connectivity index is 2.04. The van der Waals surface area contributed by atoms with Crippen molar-refractivity contribution in [1.82, 2.24) is 15.5 Å². The molecule has 3 rings (SSSR count). The molecule has 0 aromatic carbocycles. The van der Waals surface area contributed by atoms with E-state index in [4.69, 9.17) is 4.74 Å². The maximum atomic E-state index is 6.16. The van der Waals surface area contributed by atoms with Crippen LogP contribution in [0.3, 0.4) is 0 Å². The monoisotopic (exact) mass is 250 g/mol. The number of anilines is 1. The van der Waals surface area contributed by atoms with Crippen molar-refractivity contribution < 1.29 is 4.74 Å². The predicted octanol–water partition coefficient (Wildman–Crippen LogP) is 1.32. The molecule has 1 fully saturated rings. The summed E-state index contributed by atoms with van der Waals surface area (Å²) in [6, 6.07) is 0. The standard InChI is InChI=1S/C13H22N4O/c1-12(2)9-10(13(3,4)18-12)15-16-11(9)17-7-5-14-6-8-17/h14H,5-8H2,1-4H3,(H,15,16). The molecule has 2 aliphatic heterocycles. The highest BCUT2D eigenvalue weighted by atomic mass is 16.5. The van der Waals surface area contributed by atoms with Crippen molar-refractivity contribution in [2.24, 2.45) is 0 Å². The molecular formula is C13H22N4O. The molecule has 100 valence electrons. The zero-order valence-corrected chi connectivity index (χ0v) is 11.6. The third kappa shape index (κ3) is 1.65. The molecule has 1 aromatic heterocycles. The van der Waals surface area contributed by atoms with Crippen LogP contribution in [-0.4, -0.2) is 36.4 Å². The van der Waals surface area contributed by atoms with E-state index in [2.05, 4.69) is 48.1 Å². The molecule has 0 atom stereocenters. The lowest BCUT2D eigenvalue weighted by atomic mass is 9.96. The van der Waals surface area contributed by atoms with E-state index in [1.165, 1.54) is 5.56 Å². The summed E-state index contributed by atoms with van der Waals surface area (Å²) in [5, 5.41) is 11.1. The zero-order chi connectivity index (χ0) is 13.0. The minimum Gasteiger partial charge on any atom is -0.358 e. The smallest absolute Gasteiger partial charge is 0.156 e. The summed E-state index contributed by atoms with van der Waals surface area (Å²) < 4.78 is 6.16. The first kappa shape index (κ1) is 12.0. The number of aromatic amines is 1. The molecule has 18 heavy (non-hydrogen) atoms. The van der Waals surface area contributed by atoms with Gasteiger partial charge in [-0.25, -0.2) is 0 Å². The van der Waals surface area contributed by atoms with E-state index >= 15 is 0 Å². The fourth-order valence-corrected chi connectivity index (χ4v) is 3.18. The van der Waals surface area contributed by atoms with Gasteiger partial charge in [0.1, 0.15) is 5.60 Å². The average molecular weight is 250 g/mol. The van der Waals surface area contributed by atoms with Gasteiger partial charge in [0.05, 0.1) is 16.9 Å². The Hall–Kier alpha value is -1.07. The van der Waals surface area contributed by atoms with Gasteiger partial charge in [0.25, 0.3) is 0 Å². The first-order valence-electron chi connectivity index (χ1n) is 6.67. The number of hydrogen-bond donors (Lipinski definition) is 2. The molecule has 0 amide bonds. The molecule has 1 saturated heterocycles. The highest BCUT2D eigenvalue weighted by Crippen LogP contribution is 2.49. The molecule has 5 nitrogen and oxygen atoms in total. The predicted molar refractivity (Wildman–Crippen MR) is 70.8 cm³/mol. The molecule has 0 aliphatic carbocycles. The molecule has 5 heteroatoms. The molecule has 0 spiro atoms. The van der Waals surface area contributed by atoms with Gasteiger partial charge in [-0.05, 0) is 27.7 Å². The van der Waals surface area contributed by atoms with Gasteiger partial charge in [-0.15, -0.1) is 0 Å². The van der Waals surface area contributed by atoms with E-state index in [1.807, 2.05) is 0 Å². The fraction of sp³-hybridized carbons (Fsp3) is 0.769. The Morgan fingerprint density at radius 2 is 1.78 bits per heavy atom. The number of H-pyrrole nitrogens is 1. The number of ether oxygens (including phenoxy) is 1. The van der Waals surface area contributed by atoms with Crippen LogP contribution >= 0.6 is 0 Å². The number of aromatic nitrogens is 2. The second kappa shape index (κ2) is 3.71. The molecule has 0 saturated carbocycles. The summed E-state index contributed by atoms with van der Waals surface area (Å²) >= 11 is 0. The van der Waals surface area contributed by atoms with Gasteiger partial charge in [0, 0.05) is 26.2 Å². The second-order valence-corrected chi connectivity index (χ2v) is 6.16. The highest BCUT2D eigenvalue weighted by molar-refractivity contribution is 5.55. The Kier molecular flexibility index (Phi) is 2.47. The summed E-state index contributed by atoms with van der Waals surface area (Å²) in [6.07, 6.45) is 0. The van der Waals surface area contributed by atoms with Crippen molar-refractivity contribution in [3.05, 3.63) is 11.3 Å². The van der Waals surface area contributed by atoms with Crippen LogP contribution in [0.2, 0.25) is 0 Å². The maximum Gasteiger partial charge on any atom is 0.156 e. The Morgan fingerprint density at radius 3 is 2.44 bits per heavy atom. The van der Waals surface area contributed by atoms with E-state index in [0.717, 1.165) is 37.7 Å². The topological polar surface area (TPSA) is 53.2 Å². The van der Waals surface area contributed by atoms with Crippen molar-refractivity contribution in [2.75, 3.05) is 31.1 Å². The Morgan fingerprint density at radius 1 is 1.11 bits per heavy atom. The van der Waals surface area contributed by atoms with Crippen molar-refractivity contribution >= 4 is 5.82 Å². The van der Waals surface area contributed by atoms with Crippen molar-refractivity contribution in [3.8, 4) is 0 Å². The van der Waals surface area contributed by atoms with Crippen molar-refractivity contribution in [1.29, 1.82) is 0 Å². The average Bonchev–Trinajstić information content (AvgIpc) is 2.80. The number of nitrogens with one attached hydrogen (secondary N) is 2. The van der Waals surface area contributed by atoms with E-state index in [1.54, 1.807) is 0 Å². The van der Waals surface area contributed by atoms with Crippen LogP contribution in [0.4, 0.5) is 5.82 Å². The van der Waals surface area contributed by atoms with Crippen LogP contribution in [-0.2, 0) is 15.9 Å². The van der Waals surface area contributed by atoms with E-state index in [0.29, 0.717) is 0 Å². The largest absolute Gasteiger partial charge is 0.358 e. The van der Waals surface area contributed by atoms with Crippen molar-refractivity contribution in [3.63, 3.8) is 0 Å². The van der Waals surface area contributed by atoms with Crippen LogP contribution in [0.15, 0.2) is 0 Å². The van der Waals surface area contributed by atoms with E-state index < -0.39 is 0 Å². The van der Waals surface area contributed by atoms with Gasteiger partial charge in [-0.2, -0.15) is 5.10 Å². The van der Waals surface area contributed by atoms with Gasteiger partial charge in [0.15, 0.2) is 5.82 Å². The number of nitrogens with zero attached hydrogens (tertiary/aromatic N) is 2. The van der Waals surface area contributed by atoms with Gasteiger partial charge in [0.2, 0.25) is 0 Å². The number of fused-ring (bicyclic) bond motifs is 1. The maximum absolute atomic E-state index is 6.16. The molecule has 3 heterocycles. The first-order valence-corrected chi connectivity index (χ1v) is 6.67. The summed E-state index contributed by atoms with van der Waals surface area (Å²) in [7, 11) is 0. The molecule has 2 aliphatic rings. The van der Waals surface area contributed by atoms with Gasteiger partial charge in [-0.1, -0.05) is 0 Å². The van der Waals surface area contributed by atoms with Crippen LogP contribution in [0.25, 0.3) is 0 Å². The molecule has 2 N–H and O–H groups in total. The minimum absolute atomic E-state index is 0.272. The molecular weight excluding hydrogens is 228 g/mol. The lowest BCUT2D eigenvalue weighted by molar-refractivity contribution is -0.107. The van der Waals surface area contributed by atoms with Gasteiger partial charge >= 0.3 is 0 Å². The second-order valence-electron chi connectivity index (χ2n) is 6.16. The van der Waals surface area contributed by atoms with E-state index in [-0.39, 0.29) is 11.2 Å². The first-order chi connectivity index (χ1) is 8.42. The minimum atomic E-state index is -0.280. The summed E-state index contributed by atoms with van der Waals surface area (Å²) in [6.45, 7) is 12.5.